The van der Waals surface area contributed by atoms with E-state index in [0.717, 1.165) is 23.3 Å². The fraction of sp³-hybridized carbons (Fsp3) is 0.250. The Morgan fingerprint density at radius 2 is 2.15 bits per heavy atom. The van der Waals surface area contributed by atoms with Gasteiger partial charge in [-0.15, -0.1) is 0 Å². The molecule has 0 saturated heterocycles. The van der Waals surface area contributed by atoms with Gasteiger partial charge in [-0.25, -0.2) is 4.98 Å². The van der Waals surface area contributed by atoms with E-state index in [-0.39, 0.29) is 0 Å². The molecule has 0 fully saturated rings. The van der Waals surface area contributed by atoms with Crippen molar-refractivity contribution in [1.82, 2.24) is 4.98 Å². The molecule has 4 nitrogen and oxygen atoms in total. The molecule has 2 aromatic rings. The highest BCUT2D eigenvalue weighted by molar-refractivity contribution is 5.37. The van der Waals surface area contributed by atoms with Gasteiger partial charge < -0.3 is 10.5 Å². The van der Waals surface area contributed by atoms with Gasteiger partial charge in [0.25, 0.3) is 0 Å². The van der Waals surface area contributed by atoms with E-state index >= 15 is 0 Å². The molecular formula is C16H17N3O. The molecule has 0 bridgehead atoms. The molecule has 0 aliphatic rings. The zero-order valence-corrected chi connectivity index (χ0v) is 11.5. The number of nitrogens with zero attached hydrogens (tertiary/aromatic N) is 2. The molecule has 1 heterocycles. The lowest BCUT2D eigenvalue weighted by molar-refractivity contribution is 0.303. The number of ether oxygens (including phenoxy) is 1. The second kappa shape index (κ2) is 6.69. The molecule has 0 aliphatic heterocycles. The zero-order chi connectivity index (χ0) is 14.4. The lowest BCUT2D eigenvalue weighted by atomic mass is 10.1. The van der Waals surface area contributed by atoms with E-state index in [1.54, 1.807) is 12.3 Å². The van der Waals surface area contributed by atoms with Crippen LogP contribution in [0.25, 0.3) is 0 Å². The molecule has 0 amide bonds. The summed E-state index contributed by atoms with van der Waals surface area (Å²) in [6, 6.07) is 11.7. The van der Waals surface area contributed by atoms with Crippen molar-refractivity contribution < 1.29 is 4.74 Å². The first-order valence-electron chi connectivity index (χ1n) is 6.50. The van der Waals surface area contributed by atoms with Crippen LogP contribution in [0.1, 0.15) is 22.4 Å². The molecule has 0 spiro atoms. The van der Waals surface area contributed by atoms with Crippen molar-refractivity contribution in [3.63, 3.8) is 0 Å². The molecule has 20 heavy (non-hydrogen) atoms. The third kappa shape index (κ3) is 3.56. The molecule has 2 rings (SSSR count). The van der Waals surface area contributed by atoms with Gasteiger partial charge in [0.15, 0.2) is 0 Å². The van der Waals surface area contributed by atoms with Gasteiger partial charge in [0.05, 0.1) is 0 Å². The highest BCUT2D eigenvalue weighted by Crippen LogP contribution is 2.21. The van der Waals surface area contributed by atoms with Crippen LogP contribution < -0.4 is 10.5 Å². The van der Waals surface area contributed by atoms with Crippen LogP contribution >= 0.6 is 0 Å². The first-order chi connectivity index (χ1) is 9.72. The van der Waals surface area contributed by atoms with Crippen LogP contribution in [0.5, 0.6) is 5.75 Å². The minimum absolute atomic E-state index is 0.400. The number of pyridine rings is 1. The minimum Gasteiger partial charge on any atom is -0.489 e. The van der Waals surface area contributed by atoms with Gasteiger partial charge in [-0.2, -0.15) is 5.26 Å². The summed E-state index contributed by atoms with van der Waals surface area (Å²) in [6.45, 7) is 3.05. The van der Waals surface area contributed by atoms with E-state index in [1.807, 2.05) is 31.2 Å². The van der Waals surface area contributed by atoms with Crippen molar-refractivity contribution in [3.8, 4) is 11.8 Å². The van der Waals surface area contributed by atoms with Crippen LogP contribution in [-0.2, 0) is 13.0 Å². The van der Waals surface area contributed by atoms with Gasteiger partial charge in [-0.1, -0.05) is 17.7 Å². The third-order valence-electron chi connectivity index (χ3n) is 2.96. The van der Waals surface area contributed by atoms with Gasteiger partial charge in [-0.3, -0.25) is 0 Å². The van der Waals surface area contributed by atoms with Crippen molar-refractivity contribution >= 4 is 0 Å². The summed E-state index contributed by atoms with van der Waals surface area (Å²) in [5.74, 6) is 0.844. The minimum atomic E-state index is 0.400. The average molecular weight is 267 g/mol. The first-order valence-corrected chi connectivity index (χ1v) is 6.50. The molecule has 0 aliphatic carbocycles. The number of hydrogen-bond acceptors (Lipinski definition) is 4. The quantitative estimate of drug-likeness (QED) is 0.902. The van der Waals surface area contributed by atoms with Crippen molar-refractivity contribution in [3.05, 3.63) is 58.9 Å². The summed E-state index contributed by atoms with van der Waals surface area (Å²) in [7, 11) is 0. The van der Waals surface area contributed by atoms with Crippen molar-refractivity contribution in [1.29, 1.82) is 5.26 Å². The maximum atomic E-state index is 8.82. The number of nitrogens with two attached hydrogens (primary N) is 1. The van der Waals surface area contributed by atoms with Crippen LogP contribution in [0.4, 0.5) is 0 Å². The molecule has 0 radical (unpaired) electrons. The van der Waals surface area contributed by atoms with Crippen LogP contribution in [0.2, 0.25) is 0 Å². The van der Waals surface area contributed by atoms with Crippen molar-refractivity contribution in [2.24, 2.45) is 5.73 Å². The number of aryl methyl sites for hydroxylation is 1. The number of aromatic nitrogens is 1. The van der Waals surface area contributed by atoms with E-state index < -0.39 is 0 Å². The molecule has 0 atom stereocenters. The zero-order valence-electron chi connectivity index (χ0n) is 11.5. The van der Waals surface area contributed by atoms with Gasteiger partial charge in [0.2, 0.25) is 0 Å². The van der Waals surface area contributed by atoms with Crippen LogP contribution in [0.15, 0.2) is 36.5 Å². The summed E-state index contributed by atoms with van der Waals surface area (Å²) in [5, 5.41) is 8.82. The Morgan fingerprint density at radius 1 is 1.30 bits per heavy atom. The third-order valence-corrected chi connectivity index (χ3v) is 2.96. The topological polar surface area (TPSA) is 71.9 Å². The molecule has 0 unspecified atom stereocenters. The molecule has 0 saturated carbocycles. The Bertz CT molecular complexity index is 632. The molecule has 1 aromatic carbocycles. The molecule has 102 valence electrons. The lowest BCUT2D eigenvalue weighted by Crippen LogP contribution is -2.06. The Kier molecular flexibility index (Phi) is 4.70. The number of benzene rings is 1. The highest BCUT2D eigenvalue weighted by atomic mass is 16.5. The predicted octanol–water partition coefficient (Wildman–Crippen LogP) is 2.34. The fourth-order valence-electron chi connectivity index (χ4n) is 1.99. The van der Waals surface area contributed by atoms with Crippen molar-refractivity contribution in [2.45, 2.75) is 20.0 Å². The van der Waals surface area contributed by atoms with Crippen LogP contribution in [-0.4, -0.2) is 11.5 Å². The van der Waals surface area contributed by atoms with Gasteiger partial charge in [0.1, 0.15) is 24.1 Å². The molecule has 1 aromatic heterocycles. The standard InChI is InChI=1S/C16H17N3O/c1-12-2-3-16(14(8-12)4-6-17)20-11-13-5-7-19-15(9-13)10-18/h2-3,5,7-9H,4,6,11,17H2,1H3. The smallest absolute Gasteiger partial charge is 0.140 e. The average Bonchev–Trinajstić information content (AvgIpc) is 2.47. The van der Waals surface area contributed by atoms with E-state index in [4.69, 9.17) is 15.7 Å². The first kappa shape index (κ1) is 14.0. The number of rotatable bonds is 5. The molecule has 2 N–H and O–H groups in total. The lowest BCUT2D eigenvalue weighted by Gasteiger charge is -2.12. The van der Waals surface area contributed by atoms with Crippen LogP contribution in [0, 0.1) is 18.3 Å². The summed E-state index contributed by atoms with van der Waals surface area (Å²) >= 11 is 0. The Labute approximate surface area is 118 Å². The monoisotopic (exact) mass is 267 g/mol. The van der Waals surface area contributed by atoms with Gasteiger partial charge in [0, 0.05) is 6.20 Å². The van der Waals surface area contributed by atoms with E-state index in [1.165, 1.54) is 5.56 Å². The van der Waals surface area contributed by atoms with E-state index in [2.05, 4.69) is 11.1 Å². The second-order valence-corrected chi connectivity index (χ2v) is 4.60. The maximum absolute atomic E-state index is 8.82. The van der Waals surface area contributed by atoms with Gasteiger partial charge >= 0.3 is 0 Å². The summed E-state index contributed by atoms with van der Waals surface area (Å²) in [6.07, 6.45) is 2.41. The normalized spacial score (nSPS) is 10.1. The molecule has 4 heteroatoms. The maximum Gasteiger partial charge on any atom is 0.140 e. The Morgan fingerprint density at radius 3 is 2.90 bits per heavy atom. The SMILES string of the molecule is Cc1ccc(OCc2ccnc(C#N)c2)c(CCN)c1. The predicted molar refractivity (Wildman–Crippen MR) is 77.2 cm³/mol. The van der Waals surface area contributed by atoms with E-state index in [0.29, 0.717) is 18.8 Å². The summed E-state index contributed by atoms with van der Waals surface area (Å²) < 4.78 is 5.84. The Balaban J connectivity index is 2.12. The molecular weight excluding hydrogens is 250 g/mol. The number of nitriles is 1. The van der Waals surface area contributed by atoms with E-state index in [9.17, 15) is 0 Å². The fourth-order valence-corrected chi connectivity index (χ4v) is 1.99. The summed E-state index contributed by atoms with van der Waals surface area (Å²) in [4.78, 5) is 3.94. The number of hydrogen-bond donors (Lipinski definition) is 1. The Hall–Kier alpha value is -2.38. The largest absolute Gasteiger partial charge is 0.489 e. The van der Waals surface area contributed by atoms with Crippen LogP contribution in [0.3, 0.4) is 0 Å². The second-order valence-electron chi connectivity index (χ2n) is 4.60. The van der Waals surface area contributed by atoms with Gasteiger partial charge in [-0.05, 0) is 49.2 Å². The summed E-state index contributed by atoms with van der Waals surface area (Å²) in [5.41, 5.74) is 9.26. The highest BCUT2D eigenvalue weighted by Gasteiger charge is 2.04. The van der Waals surface area contributed by atoms with Crippen molar-refractivity contribution in [2.75, 3.05) is 6.54 Å².